The lowest BCUT2D eigenvalue weighted by Crippen LogP contribution is -2.40. The van der Waals surface area contributed by atoms with Crippen molar-refractivity contribution in [3.8, 4) is 28.4 Å². The van der Waals surface area contributed by atoms with Crippen molar-refractivity contribution in [3.05, 3.63) is 78.9 Å². The van der Waals surface area contributed by atoms with Gasteiger partial charge in [-0.15, -0.1) is 0 Å². The molecule has 202 valence electrons. The van der Waals surface area contributed by atoms with Crippen molar-refractivity contribution in [2.45, 2.75) is 32.2 Å². The van der Waals surface area contributed by atoms with Gasteiger partial charge in [-0.2, -0.15) is 0 Å². The van der Waals surface area contributed by atoms with Crippen molar-refractivity contribution < 1.29 is 23.5 Å². The number of hydrogen-bond acceptors (Lipinski definition) is 6. The highest BCUT2D eigenvalue weighted by Crippen LogP contribution is 2.32. The number of benzene rings is 2. The van der Waals surface area contributed by atoms with Crippen LogP contribution in [0.4, 0.5) is 5.95 Å². The zero-order valence-electron chi connectivity index (χ0n) is 22.1. The quantitative estimate of drug-likeness (QED) is 0.300. The number of nitrogens with one attached hydrogen (secondary N) is 1. The summed E-state index contributed by atoms with van der Waals surface area (Å²) in [5, 5.41) is 2.94. The van der Waals surface area contributed by atoms with E-state index in [1.54, 1.807) is 42.1 Å². The molecule has 1 saturated carbocycles. The normalized spacial score (nSPS) is 13.3. The zero-order chi connectivity index (χ0) is 27.2. The maximum atomic E-state index is 13.4. The molecule has 2 amide bonds. The van der Waals surface area contributed by atoms with Gasteiger partial charge >= 0.3 is 0 Å². The Morgan fingerprint density at radius 3 is 2.49 bits per heavy atom. The summed E-state index contributed by atoms with van der Waals surface area (Å²) in [5.74, 6) is 1.67. The number of anilines is 1. The summed E-state index contributed by atoms with van der Waals surface area (Å²) in [6, 6.07) is 18.8. The summed E-state index contributed by atoms with van der Waals surface area (Å²) in [6.07, 6.45) is 7.18. The predicted molar refractivity (Wildman–Crippen MR) is 147 cm³/mol. The minimum absolute atomic E-state index is 0.0211. The molecule has 0 bridgehead atoms. The smallest absolute Gasteiger partial charge is 0.246 e. The monoisotopic (exact) mass is 528 g/mol. The molecule has 9 nitrogen and oxygen atoms in total. The molecule has 5 rings (SSSR count). The molecule has 0 spiro atoms. The Morgan fingerprint density at radius 1 is 1.03 bits per heavy atom. The molecular weight excluding hydrogens is 496 g/mol. The molecule has 4 aromatic rings. The van der Waals surface area contributed by atoms with E-state index in [2.05, 4.69) is 5.32 Å². The second-order valence-electron chi connectivity index (χ2n) is 9.53. The molecule has 1 aliphatic carbocycles. The summed E-state index contributed by atoms with van der Waals surface area (Å²) < 4.78 is 18.1. The summed E-state index contributed by atoms with van der Waals surface area (Å²) >= 11 is 0. The Kier molecular flexibility index (Phi) is 7.96. The van der Waals surface area contributed by atoms with Gasteiger partial charge in [0.2, 0.25) is 17.8 Å². The van der Waals surface area contributed by atoms with Crippen molar-refractivity contribution in [2.24, 2.45) is 5.92 Å². The van der Waals surface area contributed by atoms with Crippen LogP contribution in [-0.2, 0) is 16.1 Å². The van der Waals surface area contributed by atoms with Gasteiger partial charge in [0, 0.05) is 23.7 Å². The molecule has 0 radical (unpaired) electrons. The first-order valence-electron chi connectivity index (χ1n) is 13.0. The van der Waals surface area contributed by atoms with E-state index in [-0.39, 0.29) is 30.8 Å². The van der Waals surface area contributed by atoms with Crippen LogP contribution in [0.1, 0.15) is 31.4 Å². The first kappa shape index (κ1) is 26.1. The van der Waals surface area contributed by atoms with Crippen LogP contribution in [0, 0.1) is 5.92 Å². The highest BCUT2D eigenvalue weighted by Gasteiger charge is 2.29. The highest BCUT2D eigenvalue weighted by molar-refractivity contribution is 5.94. The third-order valence-corrected chi connectivity index (χ3v) is 6.95. The Morgan fingerprint density at radius 2 is 1.79 bits per heavy atom. The van der Waals surface area contributed by atoms with Crippen molar-refractivity contribution in [2.75, 3.05) is 26.1 Å². The number of amides is 2. The summed E-state index contributed by atoms with van der Waals surface area (Å²) in [6.45, 7) is 0.116. The van der Waals surface area contributed by atoms with Gasteiger partial charge in [-0.3, -0.25) is 19.5 Å². The van der Waals surface area contributed by atoms with Gasteiger partial charge in [-0.25, -0.2) is 4.98 Å². The maximum absolute atomic E-state index is 13.4. The van der Waals surface area contributed by atoms with Crippen LogP contribution in [-0.4, -0.2) is 47.0 Å². The predicted octanol–water partition coefficient (Wildman–Crippen LogP) is 5.31. The lowest BCUT2D eigenvalue weighted by atomic mass is 10.1. The molecule has 2 aromatic carbocycles. The third kappa shape index (κ3) is 5.98. The minimum atomic E-state index is -0.347. The third-order valence-electron chi connectivity index (χ3n) is 6.95. The largest absolute Gasteiger partial charge is 0.493 e. The van der Waals surface area contributed by atoms with Crippen molar-refractivity contribution in [3.63, 3.8) is 0 Å². The fraction of sp³-hybridized carbons (Fsp3) is 0.300. The number of rotatable bonds is 10. The Hall–Kier alpha value is -4.53. The van der Waals surface area contributed by atoms with Crippen LogP contribution in [0.2, 0.25) is 0 Å². The molecule has 1 aliphatic rings. The van der Waals surface area contributed by atoms with Gasteiger partial charge in [0.1, 0.15) is 12.3 Å². The van der Waals surface area contributed by atoms with Crippen LogP contribution in [0.3, 0.4) is 0 Å². The standard InChI is InChI=1S/C30H32N4O5/c1-37-26-15-14-23(17-27(26)38-2)34-19-25(21-9-4-3-5-10-21)31-30(34)32-28(35)20-33(18-24-13-8-16-39-24)29(36)22-11-6-7-12-22/h3-5,8-10,13-17,19,22H,6-7,11-12,18,20H2,1-2H3,(H,31,32,35). The number of imidazole rings is 1. The summed E-state index contributed by atoms with van der Waals surface area (Å²) in [4.78, 5) is 33.0. The molecule has 2 aromatic heterocycles. The summed E-state index contributed by atoms with van der Waals surface area (Å²) in [5.41, 5.74) is 2.32. The van der Waals surface area contributed by atoms with E-state index in [9.17, 15) is 9.59 Å². The van der Waals surface area contributed by atoms with Gasteiger partial charge in [0.25, 0.3) is 0 Å². The van der Waals surface area contributed by atoms with Crippen molar-refractivity contribution in [1.82, 2.24) is 14.5 Å². The first-order chi connectivity index (χ1) is 19.1. The zero-order valence-corrected chi connectivity index (χ0v) is 22.1. The van der Waals surface area contributed by atoms with E-state index in [0.29, 0.717) is 28.9 Å². The summed E-state index contributed by atoms with van der Waals surface area (Å²) in [7, 11) is 3.15. The Bertz CT molecular complexity index is 1410. The first-order valence-corrected chi connectivity index (χ1v) is 13.0. The van der Waals surface area contributed by atoms with Gasteiger partial charge < -0.3 is 18.8 Å². The van der Waals surface area contributed by atoms with Gasteiger partial charge in [-0.05, 0) is 37.1 Å². The van der Waals surface area contributed by atoms with Gasteiger partial charge in [0.15, 0.2) is 11.5 Å². The average Bonchev–Trinajstić information content (AvgIpc) is 3.75. The molecule has 0 atom stereocenters. The Labute approximate surface area is 227 Å². The fourth-order valence-corrected chi connectivity index (χ4v) is 4.96. The van der Waals surface area contributed by atoms with Crippen LogP contribution in [0.15, 0.2) is 77.5 Å². The fourth-order valence-electron chi connectivity index (χ4n) is 4.96. The molecule has 0 aliphatic heterocycles. The van der Waals surface area contributed by atoms with Gasteiger partial charge in [0.05, 0.1) is 38.4 Å². The molecule has 39 heavy (non-hydrogen) atoms. The highest BCUT2D eigenvalue weighted by atomic mass is 16.5. The number of carbonyl (C=O) groups excluding carboxylic acids is 2. The number of carbonyl (C=O) groups is 2. The van der Waals surface area contributed by atoms with Crippen molar-refractivity contribution >= 4 is 17.8 Å². The van der Waals surface area contributed by atoms with E-state index < -0.39 is 0 Å². The molecular formula is C30H32N4O5. The Balaban J connectivity index is 1.43. The maximum Gasteiger partial charge on any atom is 0.246 e. The topological polar surface area (TPSA) is 98.8 Å². The molecule has 0 unspecified atom stereocenters. The second-order valence-corrected chi connectivity index (χ2v) is 9.53. The van der Waals surface area contributed by atoms with E-state index in [1.807, 2.05) is 54.7 Å². The van der Waals surface area contributed by atoms with E-state index in [4.69, 9.17) is 18.9 Å². The SMILES string of the molecule is COc1ccc(-n2cc(-c3ccccc3)nc2NC(=O)CN(Cc2ccco2)C(=O)C2CCCC2)cc1OC. The minimum Gasteiger partial charge on any atom is -0.493 e. The number of ether oxygens (including phenoxy) is 2. The molecule has 2 heterocycles. The number of hydrogen-bond donors (Lipinski definition) is 1. The average molecular weight is 529 g/mol. The second kappa shape index (κ2) is 11.9. The van der Waals surface area contributed by atoms with E-state index in [1.165, 1.54) is 0 Å². The van der Waals surface area contributed by atoms with Crippen LogP contribution in [0.5, 0.6) is 11.5 Å². The number of methoxy groups -OCH3 is 2. The number of nitrogens with zero attached hydrogens (tertiary/aromatic N) is 3. The van der Waals surface area contributed by atoms with Crippen LogP contribution in [0.25, 0.3) is 16.9 Å². The molecule has 1 N–H and O–H groups in total. The lowest BCUT2D eigenvalue weighted by molar-refractivity contribution is -0.139. The van der Waals surface area contributed by atoms with E-state index >= 15 is 0 Å². The molecule has 9 heteroatoms. The van der Waals surface area contributed by atoms with Crippen LogP contribution < -0.4 is 14.8 Å². The van der Waals surface area contributed by atoms with Gasteiger partial charge in [-0.1, -0.05) is 43.2 Å². The molecule has 1 fully saturated rings. The van der Waals surface area contributed by atoms with Crippen molar-refractivity contribution in [1.29, 1.82) is 0 Å². The van der Waals surface area contributed by atoms with Crippen LogP contribution >= 0.6 is 0 Å². The van der Waals surface area contributed by atoms with E-state index in [0.717, 1.165) is 36.9 Å². The molecule has 0 saturated heterocycles. The number of furan rings is 1. The number of aromatic nitrogens is 2. The lowest BCUT2D eigenvalue weighted by Gasteiger charge is -2.24.